The molecule has 1 heterocycles. The van der Waals surface area contributed by atoms with E-state index < -0.39 is 0 Å². The zero-order chi connectivity index (χ0) is 12.8. The topological polar surface area (TPSA) is 51.4 Å². The molecule has 0 atom stereocenters. The molecule has 0 aromatic carbocycles. The first-order valence-electron chi connectivity index (χ1n) is 5.59. The number of hydrogen-bond acceptors (Lipinski definition) is 4. The first-order valence-corrected chi connectivity index (χ1v) is 6.00. The molecule has 2 N–H and O–H groups in total. The number of hydrogen-bond donors (Lipinski definition) is 1. The monoisotopic (exact) mass is 253 g/mol. The fraction of sp³-hybridized carbons (Fsp3) is 0.500. The Hall–Kier alpha value is -1.20. The van der Waals surface area contributed by atoms with E-state index in [0.29, 0.717) is 11.6 Å². The van der Waals surface area contributed by atoms with Gasteiger partial charge in [0, 0.05) is 25.4 Å². The molecule has 17 heavy (non-hydrogen) atoms. The van der Waals surface area contributed by atoms with Gasteiger partial charge in [0.15, 0.2) is 0 Å². The van der Waals surface area contributed by atoms with E-state index >= 15 is 0 Å². The summed E-state index contributed by atoms with van der Waals surface area (Å²) in [6.45, 7) is 5.54. The lowest BCUT2D eigenvalue weighted by Crippen LogP contribution is -2.24. The van der Waals surface area contributed by atoms with Gasteiger partial charge in [-0.15, -0.1) is 0 Å². The van der Waals surface area contributed by atoms with Crippen molar-refractivity contribution >= 4 is 23.0 Å². The molecule has 0 fully saturated rings. The normalized spacial score (nSPS) is 10.6. The van der Waals surface area contributed by atoms with Crippen molar-refractivity contribution in [2.45, 2.75) is 20.0 Å². The van der Waals surface area contributed by atoms with Crippen molar-refractivity contribution in [1.82, 2.24) is 4.98 Å². The van der Waals surface area contributed by atoms with Gasteiger partial charge < -0.3 is 15.4 Å². The van der Waals surface area contributed by atoms with Crippen LogP contribution in [-0.2, 0) is 4.74 Å². The largest absolute Gasteiger partial charge is 0.389 e. The Kier molecular flexibility index (Phi) is 5.31. The predicted molar refractivity (Wildman–Crippen MR) is 74.5 cm³/mol. The van der Waals surface area contributed by atoms with Crippen LogP contribution in [0.2, 0.25) is 0 Å². The smallest absolute Gasteiger partial charge is 0.128 e. The number of pyridine rings is 1. The minimum Gasteiger partial charge on any atom is -0.389 e. The minimum absolute atomic E-state index is 0.258. The molecule has 0 aliphatic carbocycles. The van der Waals surface area contributed by atoms with Gasteiger partial charge in [0.25, 0.3) is 0 Å². The molecule has 94 valence electrons. The van der Waals surface area contributed by atoms with E-state index in [1.165, 1.54) is 0 Å². The van der Waals surface area contributed by atoms with Crippen molar-refractivity contribution in [3.63, 3.8) is 0 Å². The van der Waals surface area contributed by atoms with Crippen LogP contribution in [0, 0.1) is 0 Å². The van der Waals surface area contributed by atoms with E-state index in [2.05, 4.69) is 4.98 Å². The summed E-state index contributed by atoms with van der Waals surface area (Å²) in [5.41, 5.74) is 6.30. The maximum atomic E-state index is 5.51. The minimum atomic E-state index is 0.258. The fourth-order valence-electron chi connectivity index (χ4n) is 1.30. The lowest BCUT2D eigenvalue weighted by atomic mass is 10.3. The van der Waals surface area contributed by atoms with Crippen LogP contribution in [0.15, 0.2) is 18.3 Å². The molecule has 5 heteroatoms. The van der Waals surface area contributed by atoms with Gasteiger partial charge in [-0.25, -0.2) is 4.98 Å². The summed E-state index contributed by atoms with van der Waals surface area (Å²) in [7, 11) is 1.98. The molecular formula is C12H19N3OS. The third-order valence-corrected chi connectivity index (χ3v) is 2.54. The van der Waals surface area contributed by atoms with E-state index in [0.717, 1.165) is 17.9 Å². The Morgan fingerprint density at radius 2 is 2.24 bits per heavy atom. The number of nitrogens with two attached hydrogens (primary N) is 1. The molecule has 0 aliphatic rings. The first kappa shape index (κ1) is 13.9. The number of anilines is 1. The second kappa shape index (κ2) is 6.51. The molecule has 1 rings (SSSR count). The van der Waals surface area contributed by atoms with Gasteiger partial charge >= 0.3 is 0 Å². The number of thiocarbonyl (C=S) groups is 1. The summed E-state index contributed by atoms with van der Waals surface area (Å²) in [6, 6.07) is 3.79. The SMILES string of the molecule is CC(C)OCCN(C)c1ccc(C(N)=S)cn1. The van der Waals surface area contributed by atoms with E-state index in [-0.39, 0.29) is 6.10 Å². The number of likely N-dealkylation sites (N-methyl/N-ethyl adjacent to an activating group) is 1. The van der Waals surface area contributed by atoms with Crippen molar-refractivity contribution < 1.29 is 4.74 Å². The summed E-state index contributed by atoms with van der Waals surface area (Å²) < 4.78 is 5.49. The summed E-state index contributed by atoms with van der Waals surface area (Å²) in [4.78, 5) is 6.70. The molecule has 1 aromatic heterocycles. The van der Waals surface area contributed by atoms with E-state index in [4.69, 9.17) is 22.7 Å². The van der Waals surface area contributed by atoms with Crippen LogP contribution in [0.25, 0.3) is 0 Å². The predicted octanol–water partition coefficient (Wildman–Crippen LogP) is 1.58. The van der Waals surface area contributed by atoms with E-state index in [1.807, 2.05) is 37.9 Å². The van der Waals surface area contributed by atoms with Gasteiger partial charge in [-0.1, -0.05) is 12.2 Å². The van der Waals surface area contributed by atoms with Crippen LogP contribution in [0.3, 0.4) is 0 Å². The Bertz CT molecular complexity index is 365. The maximum absolute atomic E-state index is 5.51. The molecule has 1 aromatic rings. The van der Waals surface area contributed by atoms with Crippen LogP contribution >= 0.6 is 12.2 Å². The summed E-state index contributed by atoms with van der Waals surface area (Å²) in [6.07, 6.45) is 1.95. The third kappa shape index (κ3) is 4.66. The van der Waals surface area contributed by atoms with Crippen LogP contribution in [0.4, 0.5) is 5.82 Å². The lowest BCUT2D eigenvalue weighted by molar-refractivity contribution is 0.0845. The molecule has 0 spiro atoms. The number of aromatic nitrogens is 1. The first-order chi connectivity index (χ1) is 8.00. The van der Waals surface area contributed by atoms with Crippen molar-refractivity contribution in [1.29, 1.82) is 0 Å². The number of nitrogens with zero attached hydrogens (tertiary/aromatic N) is 2. The van der Waals surface area contributed by atoms with Crippen molar-refractivity contribution in [3.05, 3.63) is 23.9 Å². The van der Waals surface area contributed by atoms with Gasteiger partial charge in [0.2, 0.25) is 0 Å². The van der Waals surface area contributed by atoms with Crippen molar-refractivity contribution in [2.24, 2.45) is 5.73 Å². The zero-order valence-electron chi connectivity index (χ0n) is 10.5. The van der Waals surface area contributed by atoms with Gasteiger partial charge in [-0.2, -0.15) is 0 Å². The van der Waals surface area contributed by atoms with Gasteiger partial charge in [-0.3, -0.25) is 0 Å². The van der Waals surface area contributed by atoms with Crippen molar-refractivity contribution in [2.75, 3.05) is 25.1 Å². The Labute approximate surface area is 108 Å². The van der Waals surface area contributed by atoms with Crippen molar-refractivity contribution in [3.8, 4) is 0 Å². The molecule has 0 bridgehead atoms. The molecule has 0 radical (unpaired) electrons. The third-order valence-electron chi connectivity index (χ3n) is 2.30. The second-order valence-electron chi connectivity index (χ2n) is 4.11. The Morgan fingerprint density at radius 3 is 2.71 bits per heavy atom. The summed E-state index contributed by atoms with van der Waals surface area (Å²) in [5, 5.41) is 0. The van der Waals surface area contributed by atoms with Crippen LogP contribution in [0.5, 0.6) is 0 Å². The standard InChI is InChI=1S/C12H19N3OS/c1-9(2)16-7-6-15(3)11-5-4-10(8-14-11)12(13)17/h4-5,8-9H,6-7H2,1-3H3,(H2,13,17). The number of ether oxygens (including phenoxy) is 1. The second-order valence-corrected chi connectivity index (χ2v) is 4.55. The average molecular weight is 253 g/mol. The fourth-order valence-corrected chi connectivity index (χ4v) is 1.42. The average Bonchev–Trinajstić information content (AvgIpc) is 2.28. The van der Waals surface area contributed by atoms with Gasteiger partial charge in [0.1, 0.15) is 10.8 Å². The molecule has 0 saturated heterocycles. The molecule has 0 saturated carbocycles. The van der Waals surface area contributed by atoms with Crippen LogP contribution < -0.4 is 10.6 Å². The van der Waals surface area contributed by atoms with E-state index in [9.17, 15) is 0 Å². The highest BCUT2D eigenvalue weighted by Gasteiger charge is 2.04. The number of rotatable bonds is 6. The summed E-state index contributed by atoms with van der Waals surface area (Å²) in [5.74, 6) is 0.886. The molecule has 0 aliphatic heterocycles. The maximum Gasteiger partial charge on any atom is 0.128 e. The Morgan fingerprint density at radius 1 is 1.53 bits per heavy atom. The molecular weight excluding hydrogens is 234 g/mol. The van der Waals surface area contributed by atoms with E-state index in [1.54, 1.807) is 6.20 Å². The Balaban J connectivity index is 2.51. The lowest BCUT2D eigenvalue weighted by Gasteiger charge is -2.19. The van der Waals surface area contributed by atoms with Crippen LogP contribution in [0.1, 0.15) is 19.4 Å². The highest BCUT2D eigenvalue weighted by atomic mass is 32.1. The highest BCUT2D eigenvalue weighted by Crippen LogP contribution is 2.09. The van der Waals surface area contributed by atoms with Crippen LogP contribution in [-0.4, -0.2) is 36.3 Å². The molecule has 0 unspecified atom stereocenters. The quantitative estimate of drug-likeness (QED) is 0.780. The molecule has 0 amide bonds. The zero-order valence-corrected chi connectivity index (χ0v) is 11.3. The highest BCUT2D eigenvalue weighted by molar-refractivity contribution is 7.80. The van der Waals surface area contributed by atoms with Gasteiger partial charge in [-0.05, 0) is 26.0 Å². The van der Waals surface area contributed by atoms with Gasteiger partial charge in [0.05, 0.1) is 12.7 Å². The summed E-state index contributed by atoms with van der Waals surface area (Å²) >= 11 is 4.87. The molecule has 4 nitrogen and oxygen atoms in total.